The number of nitrogen functional groups attached to an aromatic ring is 1. The molecule has 0 saturated carbocycles. The number of aromatic nitrogens is 1. The predicted molar refractivity (Wildman–Crippen MR) is 75.1 cm³/mol. The first-order valence-corrected chi connectivity index (χ1v) is 6.47. The molecule has 0 unspecified atom stereocenters. The van der Waals surface area contributed by atoms with Gasteiger partial charge < -0.3 is 11.1 Å². The number of benzene rings is 1. The zero-order valence-electron chi connectivity index (χ0n) is 10.2. The molecule has 2 aromatic rings. The summed E-state index contributed by atoms with van der Waals surface area (Å²) >= 11 is 3.33. The number of halogens is 4. The fourth-order valence-corrected chi connectivity index (χ4v) is 2.09. The highest BCUT2D eigenvalue weighted by Crippen LogP contribution is 2.31. The van der Waals surface area contributed by atoms with Gasteiger partial charge in [-0.05, 0) is 29.8 Å². The summed E-state index contributed by atoms with van der Waals surface area (Å²) in [5.41, 5.74) is 5.49. The number of nitrogens with zero attached hydrogens (tertiary/aromatic N) is 1. The molecule has 106 valence electrons. The molecule has 2 rings (SSSR count). The highest BCUT2D eigenvalue weighted by atomic mass is 79.9. The third-order valence-electron chi connectivity index (χ3n) is 2.54. The summed E-state index contributed by atoms with van der Waals surface area (Å²) in [7, 11) is 0. The van der Waals surface area contributed by atoms with Crippen molar-refractivity contribution in [2.75, 3.05) is 11.1 Å². The molecular formula is C13H11BrF3N3. The van der Waals surface area contributed by atoms with E-state index in [4.69, 9.17) is 5.73 Å². The van der Waals surface area contributed by atoms with Crippen LogP contribution in [0, 0.1) is 0 Å². The number of nitrogens with one attached hydrogen (secondary N) is 1. The second kappa shape index (κ2) is 5.70. The van der Waals surface area contributed by atoms with Crippen molar-refractivity contribution in [3.05, 3.63) is 52.0 Å². The first-order chi connectivity index (χ1) is 9.34. The fraction of sp³-hybridized carbons (Fsp3) is 0.154. The Morgan fingerprint density at radius 1 is 1.20 bits per heavy atom. The monoisotopic (exact) mass is 345 g/mol. The maximum absolute atomic E-state index is 12.6. The molecular weight excluding hydrogens is 335 g/mol. The number of hydrogen-bond acceptors (Lipinski definition) is 3. The molecule has 0 saturated heterocycles. The van der Waals surface area contributed by atoms with Gasteiger partial charge in [-0.25, -0.2) is 4.98 Å². The summed E-state index contributed by atoms with van der Waals surface area (Å²) in [6.45, 7) is 0.354. The van der Waals surface area contributed by atoms with Crippen molar-refractivity contribution in [1.82, 2.24) is 4.98 Å². The van der Waals surface area contributed by atoms with Gasteiger partial charge in [0.05, 0.1) is 5.56 Å². The van der Waals surface area contributed by atoms with E-state index in [0.717, 1.165) is 22.2 Å². The van der Waals surface area contributed by atoms with Crippen LogP contribution in [-0.4, -0.2) is 4.98 Å². The second-order valence-electron chi connectivity index (χ2n) is 4.15. The summed E-state index contributed by atoms with van der Waals surface area (Å²) < 4.78 is 38.8. The van der Waals surface area contributed by atoms with Gasteiger partial charge in [0.2, 0.25) is 0 Å². The summed E-state index contributed by atoms with van der Waals surface area (Å²) in [6.07, 6.45) is -4.44. The van der Waals surface area contributed by atoms with Gasteiger partial charge >= 0.3 is 6.18 Å². The van der Waals surface area contributed by atoms with Gasteiger partial charge in [0, 0.05) is 11.0 Å². The largest absolute Gasteiger partial charge is 0.416 e. The summed E-state index contributed by atoms with van der Waals surface area (Å²) in [5.74, 6) is -0.0751. The minimum Gasteiger partial charge on any atom is -0.384 e. The molecule has 0 bridgehead atoms. The van der Waals surface area contributed by atoms with Crippen molar-refractivity contribution in [2.45, 2.75) is 12.7 Å². The highest BCUT2D eigenvalue weighted by Gasteiger charge is 2.31. The second-order valence-corrected chi connectivity index (χ2v) is 5.06. The maximum atomic E-state index is 12.6. The van der Waals surface area contributed by atoms with Crippen molar-refractivity contribution < 1.29 is 13.2 Å². The van der Waals surface area contributed by atoms with Crippen LogP contribution < -0.4 is 11.1 Å². The fourth-order valence-electron chi connectivity index (χ4n) is 1.65. The van der Waals surface area contributed by atoms with Crippen LogP contribution in [0.4, 0.5) is 24.8 Å². The van der Waals surface area contributed by atoms with Crippen LogP contribution in [0.25, 0.3) is 0 Å². The summed E-state index contributed by atoms with van der Waals surface area (Å²) in [5, 5.41) is 2.83. The number of anilines is 2. The Hall–Kier alpha value is -1.76. The van der Waals surface area contributed by atoms with Crippen LogP contribution in [-0.2, 0) is 12.7 Å². The lowest BCUT2D eigenvalue weighted by molar-refractivity contribution is -0.137. The standard InChI is InChI=1S/C13H11BrF3N3/c14-10-3-1-2-8(4-10)7-19-12-6-9(13(15,16)17)5-11(18)20-12/h1-6H,7H2,(H3,18,19,20). The van der Waals surface area contributed by atoms with Crippen molar-refractivity contribution in [3.8, 4) is 0 Å². The smallest absolute Gasteiger partial charge is 0.384 e. The number of pyridine rings is 1. The first kappa shape index (κ1) is 14.6. The lowest BCUT2D eigenvalue weighted by Crippen LogP contribution is -2.09. The Morgan fingerprint density at radius 3 is 2.60 bits per heavy atom. The first-order valence-electron chi connectivity index (χ1n) is 5.67. The molecule has 7 heteroatoms. The molecule has 1 aromatic carbocycles. The molecule has 0 radical (unpaired) electrons. The molecule has 20 heavy (non-hydrogen) atoms. The molecule has 0 spiro atoms. The van der Waals surface area contributed by atoms with Gasteiger partial charge in [-0.15, -0.1) is 0 Å². The molecule has 0 amide bonds. The van der Waals surface area contributed by atoms with E-state index in [1.807, 2.05) is 24.3 Å². The van der Waals surface area contributed by atoms with Crippen LogP contribution in [0.3, 0.4) is 0 Å². The van der Waals surface area contributed by atoms with E-state index in [0.29, 0.717) is 6.54 Å². The van der Waals surface area contributed by atoms with E-state index < -0.39 is 11.7 Å². The molecule has 0 aliphatic rings. The van der Waals surface area contributed by atoms with E-state index in [1.165, 1.54) is 0 Å². The minimum absolute atomic E-state index is 0.0947. The zero-order valence-corrected chi connectivity index (χ0v) is 11.8. The molecule has 0 aliphatic carbocycles. The van der Waals surface area contributed by atoms with E-state index >= 15 is 0 Å². The van der Waals surface area contributed by atoms with E-state index in [1.54, 1.807) is 0 Å². The number of alkyl halides is 3. The average Bonchev–Trinajstić information content (AvgIpc) is 2.35. The van der Waals surface area contributed by atoms with Crippen LogP contribution >= 0.6 is 15.9 Å². The van der Waals surface area contributed by atoms with E-state index in [9.17, 15) is 13.2 Å². The highest BCUT2D eigenvalue weighted by molar-refractivity contribution is 9.10. The number of rotatable bonds is 3. The Kier molecular flexibility index (Phi) is 4.17. The van der Waals surface area contributed by atoms with Crippen molar-refractivity contribution >= 4 is 27.6 Å². The van der Waals surface area contributed by atoms with Gasteiger partial charge in [-0.3, -0.25) is 0 Å². The van der Waals surface area contributed by atoms with Crippen molar-refractivity contribution in [1.29, 1.82) is 0 Å². The Morgan fingerprint density at radius 2 is 1.95 bits per heavy atom. The zero-order chi connectivity index (χ0) is 14.8. The van der Waals surface area contributed by atoms with Gasteiger partial charge in [0.25, 0.3) is 0 Å². The summed E-state index contributed by atoms with van der Waals surface area (Å²) in [4.78, 5) is 3.84. The predicted octanol–water partition coefficient (Wildman–Crippen LogP) is 4.06. The van der Waals surface area contributed by atoms with E-state index in [2.05, 4.69) is 26.2 Å². The normalized spacial score (nSPS) is 11.4. The third kappa shape index (κ3) is 3.86. The molecule has 3 nitrogen and oxygen atoms in total. The van der Waals surface area contributed by atoms with E-state index in [-0.39, 0.29) is 11.6 Å². The molecule has 1 aromatic heterocycles. The topological polar surface area (TPSA) is 50.9 Å². The van der Waals surface area contributed by atoms with Gasteiger partial charge in [0.1, 0.15) is 11.6 Å². The Bertz CT molecular complexity index is 614. The van der Waals surface area contributed by atoms with Crippen LogP contribution in [0.2, 0.25) is 0 Å². The van der Waals surface area contributed by atoms with Gasteiger partial charge in [-0.1, -0.05) is 28.1 Å². The molecule has 0 atom stereocenters. The SMILES string of the molecule is Nc1cc(C(F)(F)F)cc(NCc2cccc(Br)c2)n1. The molecule has 0 aliphatic heterocycles. The van der Waals surface area contributed by atoms with Crippen molar-refractivity contribution in [3.63, 3.8) is 0 Å². The van der Waals surface area contributed by atoms with Gasteiger partial charge in [0.15, 0.2) is 0 Å². The van der Waals surface area contributed by atoms with Gasteiger partial charge in [-0.2, -0.15) is 13.2 Å². The average molecular weight is 346 g/mol. The van der Waals surface area contributed by atoms with Crippen LogP contribution in [0.5, 0.6) is 0 Å². The molecule has 3 N–H and O–H groups in total. The quantitative estimate of drug-likeness (QED) is 0.881. The number of nitrogens with two attached hydrogens (primary N) is 1. The Balaban J connectivity index is 2.16. The third-order valence-corrected chi connectivity index (χ3v) is 3.03. The molecule has 0 fully saturated rings. The summed E-state index contributed by atoms with van der Waals surface area (Å²) in [6, 6.07) is 9.18. The molecule has 1 heterocycles. The maximum Gasteiger partial charge on any atom is 0.416 e. The lowest BCUT2D eigenvalue weighted by atomic mass is 10.2. The van der Waals surface area contributed by atoms with Crippen molar-refractivity contribution in [2.24, 2.45) is 0 Å². The Labute approximate surface area is 122 Å². The minimum atomic E-state index is -4.44. The van der Waals surface area contributed by atoms with Crippen LogP contribution in [0.15, 0.2) is 40.9 Å². The van der Waals surface area contributed by atoms with Crippen LogP contribution in [0.1, 0.15) is 11.1 Å². The number of hydrogen-bond donors (Lipinski definition) is 2. The lowest BCUT2D eigenvalue weighted by Gasteiger charge is -2.11.